The van der Waals surface area contributed by atoms with Crippen molar-refractivity contribution >= 4 is 5.91 Å². The van der Waals surface area contributed by atoms with E-state index >= 15 is 0 Å². The first-order valence-electron chi connectivity index (χ1n) is 6.99. The molecule has 1 atom stereocenters. The molecule has 106 valence electrons. The summed E-state index contributed by atoms with van der Waals surface area (Å²) in [6.07, 6.45) is 5.95. The van der Waals surface area contributed by atoms with Crippen molar-refractivity contribution in [3.63, 3.8) is 0 Å². The number of hydrogen-bond donors (Lipinski definition) is 2. The lowest BCUT2D eigenvalue weighted by Crippen LogP contribution is -2.24. The predicted octanol–water partition coefficient (Wildman–Crippen LogP) is 2.10. The monoisotopic (exact) mass is 263 g/mol. The Labute approximate surface area is 115 Å². The summed E-state index contributed by atoms with van der Waals surface area (Å²) in [6.45, 7) is 5.65. The van der Waals surface area contributed by atoms with E-state index in [2.05, 4.69) is 24.1 Å². The second kappa shape index (κ2) is 8.64. The second-order valence-corrected chi connectivity index (χ2v) is 5.25. The van der Waals surface area contributed by atoms with Gasteiger partial charge in [0, 0.05) is 25.4 Å². The van der Waals surface area contributed by atoms with Crippen molar-refractivity contribution in [2.75, 3.05) is 6.54 Å². The van der Waals surface area contributed by atoms with Crippen LogP contribution in [-0.2, 0) is 11.3 Å². The number of nitrogens with one attached hydrogen (secondary N) is 1. The van der Waals surface area contributed by atoms with E-state index in [9.17, 15) is 4.79 Å². The number of carbonyl (C=O) groups excluding carboxylic acids is 1. The number of rotatable bonds is 8. The molecular formula is C15H25N3O. The molecule has 0 aliphatic carbocycles. The molecule has 4 nitrogen and oxygen atoms in total. The van der Waals surface area contributed by atoms with Crippen molar-refractivity contribution in [3.8, 4) is 0 Å². The van der Waals surface area contributed by atoms with E-state index in [0.717, 1.165) is 18.4 Å². The Morgan fingerprint density at radius 3 is 2.58 bits per heavy atom. The zero-order chi connectivity index (χ0) is 14.1. The average molecular weight is 263 g/mol. The van der Waals surface area contributed by atoms with Gasteiger partial charge in [-0.15, -0.1) is 0 Å². The van der Waals surface area contributed by atoms with Crippen LogP contribution in [0.15, 0.2) is 24.5 Å². The molecule has 0 saturated heterocycles. The molecule has 1 heterocycles. The average Bonchev–Trinajstić information content (AvgIpc) is 2.42. The number of nitrogens with two attached hydrogens (primary N) is 1. The van der Waals surface area contributed by atoms with Gasteiger partial charge < -0.3 is 11.1 Å². The quantitative estimate of drug-likeness (QED) is 0.754. The van der Waals surface area contributed by atoms with Crippen molar-refractivity contribution in [2.24, 2.45) is 17.6 Å². The SMILES string of the molecule is CC(C)C(CCN)CCC(=O)NCc1ccncc1. The second-order valence-electron chi connectivity index (χ2n) is 5.25. The molecule has 19 heavy (non-hydrogen) atoms. The van der Waals surface area contributed by atoms with Crippen LogP contribution < -0.4 is 11.1 Å². The molecule has 1 aromatic heterocycles. The molecule has 0 aliphatic rings. The van der Waals surface area contributed by atoms with Crippen LogP contribution in [0.2, 0.25) is 0 Å². The van der Waals surface area contributed by atoms with Crippen LogP contribution in [-0.4, -0.2) is 17.4 Å². The predicted molar refractivity (Wildman–Crippen MR) is 77.3 cm³/mol. The number of hydrogen-bond acceptors (Lipinski definition) is 3. The standard InChI is InChI=1S/C15H25N3O/c1-12(2)14(5-8-16)3-4-15(19)18-11-13-6-9-17-10-7-13/h6-7,9-10,12,14H,3-5,8,11,16H2,1-2H3,(H,18,19). The molecule has 1 aromatic rings. The number of amides is 1. The zero-order valence-electron chi connectivity index (χ0n) is 11.9. The van der Waals surface area contributed by atoms with Crippen molar-refractivity contribution in [1.82, 2.24) is 10.3 Å². The lowest BCUT2D eigenvalue weighted by Gasteiger charge is -2.19. The van der Waals surface area contributed by atoms with Gasteiger partial charge in [-0.05, 0) is 48.9 Å². The van der Waals surface area contributed by atoms with E-state index in [0.29, 0.717) is 31.3 Å². The van der Waals surface area contributed by atoms with Crippen LogP contribution in [0.25, 0.3) is 0 Å². The smallest absolute Gasteiger partial charge is 0.220 e. The summed E-state index contributed by atoms with van der Waals surface area (Å²) >= 11 is 0. The highest BCUT2D eigenvalue weighted by Gasteiger charge is 2.14. The maximum Gasteiger partial charge on any atom is 0.220 e. The van der Waals surface area contributed by atoms with Gasteiger partial charge in [0.1, 0.15) is 0 Å². The summed E-state index contributed by atoms with van der Waals surface area (Å²) < 4.78 is 0. The number of carbonyl (C=O) groups is 1. The number of aromatic nitrogens is 1. The molecule has 1 amide bonds. The summed E-state index contributed by atoms with van der Waals surface area (Å²) in [5.74, 6) is 1.23. The van der Waals surface area contributed by atoms with E-state index in [1.165, 1.54) is 0 Å². The summed E-state index contributed by atoms with van der Waals surface area (Å²) in [5.41, 5.74) is 6.68. The minimum absolute atomic E-state index is 0.111. The molecule has 3 N–H and O–H groups in total. The molecule has 0 spiro atoms. The van der Waals surface area contributed by atoms with Crippen LogP contribution in [0, 0.1) is 11.8 Å². The van der Waals surface area contributed by atoms with Gasteiger partial charge in [-0.1, -0.05) is 13.8 Å². The Balaban J connectivity index is 2.27. The van der Waals surface area contributed by atoms with E-state index in [1.54, 1.807) is 12.4 Å². The van der Waals surface area contributed by atoms with Crippen LogP contribution in [0.3, 0.4) is 0 Å². The van der Waals surface area contributed by atoms with Gasteiger partial charge in [-0.25, -0.2) is 0 Å². The van der Waals surface area contributed by atoms with Gasteiger partial charge in [0.2, 0.25) is 5.91 Å². The molecule has 1 rings (SSSR count). The fourth-order valence-electron chi connectivity index (χ4n) is 2.13. The van der Waals surface area contributed by atoms with Crippen molar-refractivity contribution in [3.05, 3.63) is 30.1 Å². The first-order valence-corrected chi connectivity index (χ1v) is 6.99. The minimum Gasteiger partial charge on any atom is -0.352 e. The summed E-state index contributed by atoms with van der Waals surface area (Å²) in [6, 6.07) is 3.82. The molecular weight excluding hydrogens is 238 g/mol. The summed E-state index contributed by atoms with van der Waals surface area (Å²) in [7, 11) is 0. The first kappa shape index (κ1) is 15.6. The third-order valence-corrected chi connectivity index (χ3v) is 3.46. The summed E-state index contributed by atoms with van der Waals surface area (Å²) in [5, 5.41) is 2.94. The fraction of sp³-hybridized carbons (Fsp3) is 0.600. The number of nitrogens with zero attached hydrogens (tertiary/aromatic N) is 1. The highest BCUT2D eigenvalue weighted by Crippen LogP contribution is 2.20. The Kier molecular flexibility index (Phi) is 7.11. The first-order chi connectivity index (χ1) is 9.13. The molecule has 0 saturated carbocycles. The van der Waals surface area contributed by atoms with Gasteiger partial charge in [0.15, 0.2) is 0 Å². The minimum atomic E-state index is 0.111. The van der Waals surface area contributed by atoms with Gasteiger partial charge >= 0.3 is 0 Å². The van der Waals surface area contributed by atoms with Crippen LogP contribution in [0.5, 0.6) is 0 Å². The Morgan fingerprint density at radius 1 is 1.32 bits per heavy atom. The van der Waals surface area contributed by atoms with Gasteiger partial charge in [0.25, 0.3) is 0 Å². The van der Waals surface area contributed by atoms with E-state index in [-0.39, 0.29) is 5.91 Å². The van der Waals surface area contributed by atoms with E-state index < -0.39 is 0 Å². The Morgan fingerprint density at radius 2 is 2.00 bits per heavy atom. The maximum atomic E-state index is 11.8. The lowest BCUT2D eigenvalue weighted by atomic mass is 9.88. The molecule has 0 aliphatic heterocycles. The molecule has 1 unspecified atom stereocenters. The normalized spacial score (nSPS) is 12.4. The molecule has 0 radical (unpaired) electrons. The van der Waals surface area contributed by atoms with Gasteiger partial charge in [-0.3, -0.25) is 9.78 Å². The van der Waals surface area contributed by atoms with Gasteiger partial charge in [0.05, 0.1) is 0 Å². The third kappa shape index (κ3) is 6.34. The third-order valence-electron chi connectivity index (χ3n) is 3.46. The van der Waals surface area contributed by atoms with Crippen LogP contribution in [0.4, 0.5) is 0 Å². The lowest BCUT2D eigenvalue weighted by molar-refractivity contribution is -0.121. The molecule has 0 aromatic carbocycles. The van der Waals surface area contributed by atoms with Crippen molar-refractivity contribution in [2.45, 2.75) is 39.7 Å². The van der Waals surface area contributed by atoms with Gasteiger partial charge in [-0.2, -0.15) is 0 Å². The van der Waals surface area contributed by atoms with E-state index in [1.807, 2.05) is 12.1 Å². The largest absolute Gasteiger partial charge is 0.352 e. The van der Waals surface area contributed by atoms with Crippen LogP contribution >= 0.6 is 0 Å². The Bertz CT molecular complexity index is 365. The molecule has 4 heteroatoms. The van der Waals surface area contributed by atoms with Crippen LogP contribution in [0.1, 0.15) is 38.7 Å². The fourth-order valence-corrected chi connectivity index (χ4v) is 2.13. The maximum absolute atomic E-state index is 11.8. The highest BCUT2D eigenvalue weighted by molar-refractivity contribution is 5.75. The summed E-state index contributed by atoms with van der Waals surface area (Å²) in [4.78, 5) is 15.7. The zero-order valence-corrected chi connectivity index (χ0v) is 11.9. The molecule has 0 bridgehead atoms. The number of pyridine rings is 1. The topological polar surface area (TPSA) is 68.0 Å². The van der Waals surface area contributed by atoms with E-state index in [4.69, 9.17) is 5.73 Å². The van der Waals surface area contributed by atoms with Crippen molar-refractivity contribution in [1.29, 1.82) is 0 Å². The Hall–Kier alpha value is -1.42. The van der Waals surface area contributed by atoms with Crippen molar-refractivity contribution < 1.29 is 4.79 Å². The molecule has 0 fully saturated rings. The highest BCUT2D eigenvalue weighted by atomic mass is 16.1.